The highest BCUT2D eigenvalue weighted by atomic mass is 32.2. The van der Waals surface area contributed by atoms with Crippen LogP contribution < -0.4 is 4.90 Å². The summed E-state index contributed by atoms with van der Waals surface area (Å²) in [6.45, 7) is 2.20. The number of nitrogens with zero attached hydrogens (tertiary/aromatic N) is 4. The fourth-order valence-corrected chi connectivity index (χ4v) is 4.98. The highest BCUT2D eigenvalue weighted by Gasteiger charge is 2.25. The average molecular weight is 503 g/mol. The first-order valence-corrected chi connectivity index (χ1v) is 12.9. The highest BCUT2D eigenvalue weighted by Crippen LogP contribution is 2.25. The molecule has 0 unspecified atom stereocenters. The summed E-state index contributed by atoms with van der Waals surface area (Å²) in [5.74, 6) is -1.05. The summed E-state index contributed by atoms with van der Waals surface area (Å²) in [4.78, 5) is 35.5. The molecule has 0 saturated heterocycles. The van der Waals surface area contributed by atoms with E-state index in [2.05, 4.69) is 9.97 Å². The molecular weight excluding hydrogens is 476 g/mol. The van der Waals surface area contributed by atoms with Crippen molar-refractivity contribution in [3.05, 3.63) is 96.6 Å². The van der Waals surface area contributed by atoms with Crippen molar-refractivity contribution in [1.82, 2.24) is 14.3 Å². The van der Waals surface area contributed by atoms with E-state index >= 15 is 0 Å². The number of benzene rings is 3. The van der Waals surface area contributed by atoms with Gasteiger partial charge in [-0.05, 0) is 46.7 Å². The van der Waals surface area contributed by atoms with Crippen LogP contribution in [0.25, 0.3) is 10.8 Å². The number of hydrogen-bond donors (Lipinski definition) is 0. The minimum absolute atomic E-state index is 0.0441. The normalized spacial score (nSPS) is 11.5. The van der Waals surface area contributed by atoms with Crippen LogP contribution in [-0.2, 0) is 21.4 Å². The first-order valence-electron chi connectivity index (χ1n) is 11.4. The summed E-state index contributed by atoms with van der Waals surface area (Å²) in [6.07, 6.45) is 2.43. The number of hydrogen-bond acceptors (Lipinski definition) is 6. The zero-order valence-corrected chi connectivity index (χ0v) is 20.9. The number of ketones is 1. The van der Waals surface area contributed by atoms with Gasteiger partial charge in [0.05, 0.1) is 17.9 Å². The predicted octanol–water partition coefficient (Wildman–Crippen LogP) is 4.08. The smallest absolute Gasteiger partial charge is 0.242 e. The first kappa shape index (κ1) is 25.2. The Morgan fingerprint density at radius 1 is 0.861 bits per heavy atom. The number of fused-ring (bicyclic) bond motifs is 1. The lowest BCUT2D eigenvalue weighted by Crippen LogP contribution is -2.33. The van der Waals surface area contributed by atoms with E-state index in [0.717, 1.165) is 16.3 Å². The van der Waals surface area contributed by atoms with Crippen LogP contribution in [0.3, 0.4) is 0 Å². The van der Waals surface area contributed by atoms with Crippen LogP contribution in [0.5, 0.6) is 0 Å². The molecule has 184 valence electrons. The third kappa shape index (κ3) is 5.48. The summed E-state index contributed by atoms with van der Waals surface area (Å²) in [5.41, 5.74) is 1.21. The molecule has 4 rings (SSSR count). The van der Waals surface area contributed by atoms with Gasteiger partial charge in [-0.25, -0.2) is 22.7 Å². The minimum Gasteiger partial charge on any atom is -0.308 e. The molecule has 9 heteroatoms. The third-order valence-corrected chi connectivity index (χ3v) is 7.79. The van der Waals surface area contributed by atoms with Crippen molar-refractivity contribution in [3.8, 4) is 0 Å². The van der Waals surface area contributed by atoms with E-state index < -0.39 is 28.1 Å². The van der Waals surface area contributed by atoms with Crippen molar-refractivity contribution in [3.63, 3.8) is 0 Å². The monoisotopic (exact) mass is 502 g/mol. The fourth-order valence-electron chi connectivity index (χ4n) is 3.76. The van der Waals surface area contributed by atoms with Crippen LogP contribution in [0.2, 0.25) is 0 Å². The van der Waals surface area contributed by atoms with E-state index in [-0.39, 0.29) is 17.3 Å². The highest BCUT2D eigenvalue weighted by molar-refractivity contribution is 7.89. The lowest BCUT2D eigenvalue weighted by atomic mass is 10.1. The van der Waals surface area contributed by atoms with Crippen molar-refractivity contribution in [2.45, 2.75) is 24.8 Å². The number of amides is 1. The zero-order valence-electron chi connectivity index (χ0n) is 20.0. The van der Waals surface area contributed by atoms with Gasteiger partial charge >= 0.3 is 0 Å². The van der Waals surface area contributed by atoms with Gasteiger partial charge in [-0.1, -0.05) is 49.4 Å². The van der Waals surface area contributed by atoms with Crippen LogP contribution in [0.1, 0.15) is 29.5 Å². The second-order valence-corrected chi connectivity index (χ2v) is 10.3. The van der Waals surface area contributed by atoms with E-state index in [4.69, 9.17) is 0 Å². The van der Waals surface area contributed by atoms with Gasteiger partial charge in [-0.2, -0.15) is 0 Å². The molecule has 0 saturated carbocycles. The van der Waals surface area contributed by atoms with Crippen molar-refractivity contribution in [2.24, 2.45) is 0 Å². The molecule has 1 heterocycles. The number of aromatic nitrogens is 2. The molecule has 0 aliphatic rings. The van der Waals surface area contributed by atoms with Crippen LogP contribution in [0.15, 0.2) is 90.1 Å². The van der Waals surface area contributed by atoms with E-state index in [1.807, 2.05) is 42.5 Å². The summed E-state index contributed by atoms with van der Waals surface area (Å²) in [7, 11) is -2.23. The number of carbonyl (C=O) groups is 2. The molecule has 0 aliphatic carbocycles. The topological polar surface area (TPSA) is 101 Å². The molecule has 0 N–H and O–H groups in total. The fraction of sp³-hybridized carbons (Fsp3) is 0.185. The molecule has 1 amide bonds. The number of carbonyl (C=O) groups excluding carboxylic acids is 2. The van der Waals surface area contributed by atoms with E-state index in [1.54, 1.807) is 25.1 Å². The summed E-state index contributed by atoms with van der Waals surface area (Å²) in [5, 5.41) is 2.07. The molecule has 0 fully saturated rings. The Kier molecular flexibility index (Phi) is 7.52. The molecule has 8 nitrogen and oxygen atoms in total. The summed E-state index contributed by atoms with van der Waals surface area (Å²) < 4.78 is 27.1. The number of anilines is 1. The minimum atomic E-state index is -3.73. The van der Waals surface area contributed by atoms with E-state index in [0.29, 0.717) is 12.2 Å². The first-order chi connectivity index (χ1) is 17.3. The lowest BCUT2D eigenvalue weighted by Gasteiger charge is -2.24. The Morgan fingerprint density at radius 2 is 1.58 bits per heavy atom. The van der Waals surface area contributed by atoms with Crippen LogP contribution >= 0.6 is 0 Å². The number of sulfonamides is 1. The Morgan fingerprint density at radius 3 is 2.31 bits per heavy atom. The van der Waals surface area contributed by atoms with Crippen molar-refractivity contribution < 1.29 is 18.0 Å². The lowest BCUT2D eigenvalue weighted by molar-refractivity contribution is -0.117. The predicted molar refractivity (Wildman–Crippen MR) is 138 cm³/mol. The quantitative estimate of drug-likeness (QED) is 0.253. The second-order valence-electron chi connectivity index (χ2n) is 8.25. The van der Waals surface area contributed by atoms with Gasteiger partial charge in [-0.15, -0.1) is 0 Å². The van der Waals surface area contributed by atoms with Gasteiger partial charge < -0.3 is 4.90 Å². The zero-order chi connectivity index (χ0) is 25.7. The van der Waals surface area contributed by atoms with Gasteiger partial charge in [0, 0.05) is 31.7 Å². The Balaban J connectivity index is 1.71. The van der Waals surface area contributed by atoms with Gasteiger partial charge in [0.2, 0.25) is 21.7 Å². The maximum atomic E-state index is 13.4. The van der Waals surface area contributed by atoms with Gasteiger partial charge in [0.15, 0.2) is 5.82 Å². The van der Waals surface area contributed by atoms with Crippen molar-refractivity contribution in [1.29, 1.82) is 0 Å². The van der Waals surface area contributed by atoms with Gasteiger partial charge in [0.1, 0.15) is 0 Å². The molecule has 3 aromatic carbocycles. The standard InChI is InChI=1S/C27H26N4O4S/c1-3-30(2)36(34,35)24-11-6-10-23(17-24)31(26(33)18-25(32)27-28-14-7-15-29-27)19-20-12-13-21-8-4-5-9-22(21)16-20/h4-17H,3,18-19H2,1-2H3. The maximum Gasteiger partial charge on any atom is 0.242 e. The van der Waals surface area contributed by atoms with Crippen LogP contribution in [0.4, 0.5) is 5.69 Å². The SMILES string of the molecule is CCN(C)S(=O)(=O)c1cccc(N(Cc2ccc3ccccc3c2)C(=O)CC(=O)c2ncccn2)c1. The van der Waals surface area contributed by atoms with Crippen molar-refractivity contribution in [2.75, 3.05) is 18.5 Å². The Hall–Kier alpha value is -3.95. The number of rotatable bonds is 9. The van der Waals surface area contributed by atoms with Gasteiger partial charge in [-0.3, -0.25) is 9.59 Å². The summed E-state index contributed by atoms with van der Waals surface area (Å²) >= 11 is 0. The van der Waals surface area contributed by atoms with Crippen molar-refractivity contribution >= 4 is 38.2 Å². The number of Topliss-reactive ketones (excluding diaryl/α,β-unsaturated/α-hetero) is 1. The molecule has 0 bridgehead atoms. The van der Waals surface area contributed by atoms with E-state index in [9.17, 15) is 18.0 Å². The third-order valence-electron chi connectivity index (χ3n) is 5.87. The average Bonchev–Trinajstić information content (AvgIpc) is 2.91. The van der Waals surface area contributed by atoms with Crippen LogP contribution in [0, 0.1) is 0 Å². The van der Waals surface area contributed by atoms with Gasteiger partial charge in [0.25, 0.3) is 0 Å². The van der Waals surface area contributed by atoms with E-state index in [1.165, 1.54) is 40.8 Å². The molecule has 0 spiro atoms. The molecular formula is C27H26N4O4S. The van der Waals surface area contributed by atoms with Crippen LogP contribution in [-0.4, -0.2) is 48.0 Å². The molecule has 4 aromatic rings. The Labute approximate surface area is 210 Å². The maximum absolute atomic E-state index is 13.4. The molecule has 0 atom stereocenters. The molecule has 36 heavy (non-hydrogen) atoms. The second kappa shape index (κ2) is 10.8. The largest absolute Gasteiger partial charge is 0.308 e. The molecule has 1 aromatic heterocycles. The summed E-state index contributed by atoms with van der Waals surface area (Å²) in [6, 6.07) is 21.5. The molecule has 0 aliphatic heterocycles. The molecule has 0 radical (unpaired) electrons. The Bertz CT molecular complexity index is 1510.